The average molecular weight is 317 g/mol. The molecule has 7 heteroatoms. The van der Waals surface area contributed by atoms with Gasteiger partial charge in [-0.2, -0.15) is 0 Å². The van der Waals surface area contributed by atoms with Crippen molar-refractivity contribution in [2.45, 2.75) is 32.9 Å². The molecule has 0 radical (unpaired) electrons. The van der Waals surface area contributed by atoms with Gasteiger partial charge in [-0.3, -0.25) is 19.3 Å². The number of hydrogen-bond acceptors (Lipinski definition) is 4. The first-order valence-electron chi connectivity index (χ1n) is 7.44. The van der Waals surface area contributed by atoms with E-state index in [1.165, 1.54) is 0 Å². The Morgan fingerprint density at radius 3 is 2.30 bits per heavy atom. The van der Waals surface area contributed by atoms with E-state index in [2.05, 4.69) is 5.32 Å². The van der Waals surface area contributed by atoms with E-state index in [9.17, 15) is 19.2 Å². The van der Waals surface area contributed by atoms with Gasteiger partial charge in [0.1, 0.15) is 6.54 Å². The first kappa shape index (κ1) is 16.7. The highest BCUT2D eigenvalue weighted by atomic mass is 16.2. The molecular weight excluding hydrogens is 298 g/mol. The number of carbonyl (C=O) groups excluding carboxylic acids is 4. The van der Waals surface area contributed by atoms with E-state index in [0.717, 1.165) is 16.9 Å². The Hall–Kier alpha value is -2.70. The van der Waals surface area contributed by atoms with Crippen molar-refractivity contribution in [3.63, 3.8) is 0 Å². The van der Waals surface area contributed by atoms with Crippen molar-refractivity contribution in [2.75, 3.05) is 6.54 Å². The van der Waals surface area contributed by atoms with E-state index in [-0.39, 0.29) is 12.6 Å². The number of rotatable bonds is 6. The summed E-state index contributed by atoms with van der Waals surface area (Å²) in [7, 11) is 0. The normalized spacial score (nSPS) is 16.0. The topological polar surface area (TPSA) is 86.8 Å². The molecule has 0 aromatic heterocycles. The van der Waals surface area contributed by atoms with Crippen molar-refractivity contribution in [3.05, 3.63) is 35.9 Å². The number of nitrogens with one attached hydrogen (secondary N) is 1. The zero-order valence-corrected chi connectivity index (χ0v) is 13.1. The van der Waals surface area contributed by atoms with Crippen molar-refractivity contribution in [1.82, 2.24) is 15.1 Å². The molecule has 0 saturated carbocycles. The maximum atomic E-state index is 12.3. The predicted molar refractivity (Wildman–Crippen MR) is 82.0 cm³/mol. The number of imide groups is 2. The van der Waals surface area contributed by atoms with Gasteiger partial charge < -0.3 is 5.32 Å². The fourth-order valence-electron chi connectivity index (χ4n) is 2.16. The second kappa shape index (κ2) is 7.04. The van der Waals surface area contributed by atoms with Crippen LogP contribution in [0, 0.1) is 0 Å². The number of amides is 5. The Morgan fingerprint density at radius 1 is 1.09 bits per heavy atom. The maximum Gasteiger partial charge on any atom is 0.335 e. The number of urea groups is 1. The van der Waals surface area contributed by atoms with Crippen molar-refractivity contribution in [2.24, 2.45) is 0 Å². The third-order valence-electron chi connectivity index (χ3n) is 3.64. The molecule has 1 N–H and O–H groups in total. The molecule has 1 heterocycles. The van der Waals surface area contributed by atoms with E-state index in [1.54, 1.807) is 24.3 Å². The van der Waals surface area contributed by atoms with Crippen molar-refractivity contribution in [1.29, 1.82) is 0 Å². The molecule has 1 aromatic rings. The molecule has 0 spiro atoms. The second-order valence-corrected chi connectivity index (χ2v) is 5.43. The Labute approximate surface area is 134 Å². The molecule has 1 aliphatic heterocycles. The first-order chi connectivity index (χ1) is 10.9. The van der Waals surface area contributed by atoms with Gasteiger partial charge in [0.15, 0.2) is 0 Å². The lowest BCUT2D eigenvalue weighted by Crippen LogP contribution is -2.43. The van der Waals surface area contributed by atoms with Gasteiger partial charge in [-0.25, -0.2) is 9.69 Å². The average Bonchev–Trinajstić information content (AvgIpc) is 2.73. The highest BCUT2D eigenvalue weighted by Gasteiger charge is 2.45. The summed E-state index contributed by atoms with van der Waals surface area (Å²) < 4.78 is 0. The van der Waals surface area contributed by atoms with Crippen LogP contribution in [0.25, 0.3) is 0 Å². The zero-order chi connectivity index (χ0) is 17.0. The molecule has 0 aliphatic carbocycles. The molecule has 122 valence electrons. The van der Waals surface area contributed by atoms with Crippen LogP contribution < -0.4 is 5.32 Å². The third-order valence-corrected chi connectivity index (χ3v) is 3.64. The molecule has 7 nitrogen and oxygen atoms in total. The van der Waals surface area contributed by atoms with E-state index >= 15 is 0 Å². The minimum Gasteiger partial charge on any atom is -0.352 e. The fraction of sp³-hybridized carbons (Fsp3) is 0.375. The van der Waals surface area contributed by atoms with Crippen LogP contribution in [0.4, 0.5) is 4.79 Å². The molecule has 1 aromatic carbocycles. The van der Waals surface area contributed by atoms with Crippen LogP contribution in [-0.4, -0.2) is 46.1 Å². The van der Waals surface area contributed by atoms with Crippen LogP contribution in [0.3, 0.4) is 0 Å². The fourth-order valence-corrected chi connectivity index (χ4v) is 2.16. The summed E-state index contributed by atoms with van der Waals surface area (Å²) >= 11 is 0. The minimum atomic E-state index is -0.967. The molecular formula is C16H19N3O4. The second-order valence-electron chi connectivity index (χ2n) is 5.43. The van der Waals surface area contributed by atoms with Crippen LogP contribution in [0.15, 0.2) is 30.3 Å². The summed E-state index contributed by atoms with van der Waals surface area (Å²) in [6.07, 6.45) is 0.729. The molecule has 5 amide bonds. The van der Waals surface area contributed by atoms with Gasteiger partial charge in [0.05, 0.1) is 6.54 Å². The SMILES string of the molecule is CC[C@@H](C)NC(=O)CN1C(=O)C(=O)N(Cc2ccccc2)C1=O. The molecule has 1 aliphatic rings. The van der Waals surface area contributed by atoms with Crippen molar-refractivity contribution in [3.8, 4) is 0 Å². The molecule has 2 rings (SSSR count). The first-order valence-corrected chi connectivity index (χ1v) is 7.44. The summed E-state index contributed by atoms with van der Waals surface area (Å²) in [5.74, 6) is -2.34. The largest absolute Gasteiger partial charge is 0.352 e. The van der Waals surface area contributed by atoms with Crippen LogP contribution in [0.2, 0.25) is 0 Å². The standard InChI is InChI=1S/C16H19N3O4/c1-3-11(2)17-13(20)10-19-15(22)14(21)18(16(19)23)9-12-7-5-4-6-8-12/h4-8,11H,3,9-10H2,1-2H3,(H,17,20)/t11-/m1/s1. The van der Waals surface area contributed by atoms with Gasteiger partial charge in [-0.05, 0) is 18.9 Å². The minimum absolute atomic E-state index is 0.00767. The van der Waals surface area contributed by atoms with Gasteiger partial charge in [-0.1, -0.05) is 37.3 Å². The molecule has 1 atom stereocenters. The van der Waals surface area contributed by atoms with Gasteiger partial charge in [0, 0.05) is 6.04 Å². The molecule has 0 bridgehead atoms. The number of carbonyl (C=O) groups is 4. The zero-order valence-electron chi connectivity index (χ0n) is 13.1. The predicted octanol–water partition coefficient (Wildman–Crippen LogP) is 0.892. The van der Waals surface area contributed by atoms with Gasteiger partial charge in [0.25, 0.3) is 0 Å². The van der Waals surface area contributed by atoms with Gasteiger partial charge in [-0.15, -0.1) is 0 Å². The smallest absolute Gasteiger partial charge is 0.335 e. The highest BCUT2D eigenvalue weighted by Crippen LogP contribution is 2.15. The Morgan fingerprint density at radius 2 is 1.70 bits per heavy atom. The van der Waals surface area contributed by atoms with Gasteiger partial charge in [0.2, 0.25) is 5.91 Å². The Balaban J connectivity index is 2.06. The molecule has 1 fully saturated rings. The quantitative estimate of drug-likeness (QED) is 0.623. The van der Waals surface area contributed by atoms with Crippen LogP contribution in [-0.2, 0) is 20.9 Å². The van der Waals surface area contributed by atoms with E-state index in [0.29, 0.717) is 4.90 Å². The lowest BCUT2D eigenvalue weighted by atomic mass is 10.2. The maximum absolute atomic E-state index is 12.3. The Bertz CT molecular complexity index is 629. The summed E-state index contributed by atoms with van der Waals surface area (Å²) in [6, 6.07) is 8.05. The number of benzene rings is 1. The lowest BCUT2D eigenvalue weighted by Gasteiger charge is -2.17. The van der Waals surface area contributed by atoms with Crippen LogP contribution in [0.1, 0.15) is 25.8 Å². The van der Waals surface area contributed by atoms with Gasteiger partial charge >= 0.3 is 17.8 Å². The molecule has 1 saturated heterocycles. The van der Waals surface area contributed by atoms with E-state index in [1.807, 2.05) is 19.9 Å². The van der Waals surface area contributed by atoms with E-state index < -0.39 is 30.3 Å². The highest BCUT2D eigenvalue weighted by molar-refractivity contribution is 6.44. The number of nitrogens with zero attached hydrogens (tertiary/aromatic N) is 2. The summed E-state index contributed by atoms with van der Waals surface area (Å²) in [4.78, 5) is 49.5. The number of hydrogen-bond donors (Lipinski definition) is 1. The molecule has 0 unspecified atom stereocenters. The third kappa shape index (κ3) is 3.74. The van der Waals surface area contributed by atoms with Crippen molar-refractivity contribution >= 4 is 23.8 Å². The van der Waals surface area contributed by atoms with Crippen molar-refractivity contribution < 1.29 is 19.2 Å². The Kier molecular flexibility index (Phi) is 5.10. The summed E-state index contributed by atoms with van der Waals surface area (Å²) in [6.45, 7) is 3.29. The summed E-state index contributed by atoms with van der Waals surface area (Å²) in [5.41, 5.74) is 0.730. The lowest BCUT2D eigenvalue weighted by molar-refractivity contribution is -0.144. The summed E-state index contributed by atoms with van der Waals surface area (Å²) in [5, 5.41) is 2.66. The monoisotopic (exact) mass is 317 g/mol. The van der Waals surface area contributed by atoms with Crippen LogP contribution >= 0.6 is 0 Å². The van der Waals surface area contributed by atoms with E-state index in [4.69, 9.17) is 0 Å². The molecule has 23 heavy (non-hydrogen) atoms. The van der Waals surface area contributed by atoms with Crippen LogP contribution in [0.5, 0.6) is 0 Å².